The standard InChI is InChI=1S/C11H26N2/c1-6-9(3)8-13(5)10(4)11(12)7-2/h9-11H,6-8,12H2,1-5H3. The van der Waals surface area contributed by atoms with Crippen LogP contribution >= 0.6 is 0 Å². The maximum atomic E-state index is 5.99. The van der Waals surface area contributed by atoms with Crippen LogP contribution in [0.5, 0.6) is 0 Å². The van der Waals surface area contributed by atoms with Crippen molar-refractivity contribution in [2.45, 2.75) is 52.6 Å². The lowest BCUT2D eigenvalue weighted by atomic mass is 10.0. The Morgan fingerprint density at radius 2 is 1.69 bits per heavy atom. The Bertz CT molecular complexity index is 125. The van der Waals surface area contributed by atoms with E-state index in [1.54, 1.807) is 0 Å². The van der Waals surface area contributed by atoms with Gasteiger partial charge in [-0.1, -0.05) is 27.2 Å². The van der Waals surface area contributed by atoms with Gasteiger partial charge in [-0.3, -0.25) is 0 Å². The van der Waals surface area contributed by atoms with E-state index in [1.165, 1.54) is 6.42 Å². The van der Waals surface area contributed by atoms with E-state index in [9.17, 15) is 0 Å². The van der Waals surface area contributed by atoms with Gasteiger partial charge in [0.05, 0.1) is 0 Å². The third kappa shape index (κ3) is 4.63. The summed E-state index contributed by atoms with van der Waals surface area (Å²) in [4.78, 5) is 2.38. The van der Waals surface area contributed by atoms with Gasteiger partial charge < -0.3 is 10.6 Å². The van der Waals surface area contributed by atoms with Crippen molar-refractivity contribution < 1.29 is 0 Å². The van der Waals surface area contributed by atoms with Crippen molar-refractivity contribution in [1.82, 2.24) is 4.90 Å². The molecule has 3 unspecified atom stereocenters. The van der Waals surface area contributed by atoms with Crippen molar-refractivity contribution in [3.05, 3.63) is 0 Å². The SMILES string of the molecule is CCC(C)CN(C)C(C)C(N)CC. The average Bonchev–Trinajstić information content (AvgIpc) is 2.14. The van der Waals surface area contributed by atoms with Crippen molar-refractivity contribution in [1.29, 1.82) is 0 Å². The molecule has 0 aromatic carbocycles. The molecule has 0 saturated carbocycles. The van der Waals surface area contributed by atoms with Crippen LogP contribution in [0.1, 0.15) is 40.5 Å². The summed E-state index contributed by atoms with van der Waals surface area (Å²) in [5.74, 6) is 0.775. The lowest BCUT2D eigenvalue weighted by Gasteiger charge is -2.30. The fourth-order valence-corrected chi connectivity index (χ4v) is 1.45. The Morgan fingerprint density at radius 1 is 1.15 bits per heavy atom. The first kappa shape index (κ1) is 12.9. The number of hydrogen-bond acceptors (Lipinski definition) is 2. The molecule has 0 amide bonds. The van der Waals surface area contributed by atoms with Gasteiger partial charge in [-0.05, 0) is 26.3 Å². The minimum atomic E-state index is 0.314. The van der Waals surface area contributed by atoms with Gasteiger partial charge in [-0.15, -0.1) is 0 Å². The fourth-order valence-electron chi connectivity index (χ4n) is 1.45. The van der Waals surface area contributed by atoms with Gasteiger partial charge in [0.1, 0.15) is 0 Å². The predicted octanol–water partition coefficient (Wildman–Crippen LogP) is 2.09. The Labute approximate surface area is 83.5 Å². The lowest BCUT2D eigenvalue weighted by Crippen LogP contribution is -2.45. The molecule has 0 aromatic rings. The number of likely N-dealkylation sites (N-methyl/N-ethyl adjacent to an activating group) is 1. The van der Waals surface area contributed by atoms with Crippen LogP contribution < -0.4 is 5.73 Å². The highest BCUT2D eigenvalue weighted by atomic mass is 15.1. The maximum Gasteiger partial charge on any atom is 0.0215 e. The number of hydrogen-bond donors (Lipinski definition) is 1. The minimum Gasteiger partial charge on any atom is -0.326 e. The van der Waals surface area contributed by atoms with Crippen LogP contribution in [0.25, 0.3) is 0 Å². The number of nitrogens with zero attached hydrogens (tertiary/aromatic N) is 1. The van der Waals surface area contributed by atoms with Crippen molar-refractivity contribution in [2.75, 3.05) is 13.6 Å². The van der Waals surface area contributed by atoms with Crippen molar-refractivity contribution >= 4 is 0 Å². The van der Waals surface area contributed by atoms with Crippen molar-refractivity contribution in [2.24, 2.45) is 11.7 Å². The second kappa shape index (κ2) is 6.39. The van der Waals surface area contributed by atoms with Gasteiger partial charge in [0.25, 0.3) is 0 Å². The summed E-state index contributed by atoms with van der Waals surface area (Å²) in [6.07, 6.45) is 2.31. The molecule has 0 saturated heterocycles. The molecular weight excluding hydrogens is 160 g/mol. The topological polar surface area (TPSA) is 29.3 Å². The van der Waals surface area contributed by atoms with Crippen molar-refractivity contribution in [3.8, 4) is 0 Å². The molecule has 0 spiro atoms. The smallest absolute Gasteiger partial charge is 0.0215 e. The van der Waals surface area contributed by atoms with Gasteiger partial charge in [0, 0.05) is 18.6 Å². The molecule has 0 aromatic heterocycles. The van der Waals surface area contributed by atoms with Gasteiger partial charge in [0.2, 0.25) is 0 Å². The van der Waals surface area contributed by atoms with E-state index in [1.807, 2.05) is 0 Å². The second-order valence-electron chi connectivity index (χ2n) is 4.27. The molecule has 0 aliphatic rings. The third-order valence-corrected chi connectivity index (χ3v) is 3.08. The summed E-state index contributed by atoms with van der Waals surface area (Å²) in [7, 11) is 2.17. The maximum absolute atomic E-state index is 5.99. The van der Waals surface area contributed by atoms with E-state index in [2.05, 4.69) is 39.6 Å². The Morgan fingerprint density at radius 3 is 2.08 bits per heavy atom. The summed E-state index contributed by atoms with van der Waals surface area (Å²) < 4.78 is 0. The van der Waals surface area contributed by atoms with Crippen molar-refractivity contribution in [3.63, 3.8) is 0 Å². The van der Waals surface area contributed by atoms with E-state index >= 15 is 0 Å². The highest BCUT2D eigenvalue weighted by molar-refractivity contribution is 4.75. The zero-order valence-corrected chi connectivity index (χ0v) is 9.88. The molecule has 0 aliphatic heterocycles. The molecule has 2 N–H and O–H groups in total. The van der Waals surface area contributed by atoms with Crippen LogP contribution in [-0.2, 0) is 0 Å². The first-order valence-electron chi connectivity index (χ1n) is 5.48. The van der Waals surface area contributed by atoms with Crippen LogP contribution in [0.4, 0.5) is 0 Å². The Balaban J connectivity index is 3.87. The molecule has 13 heavy (non-hydrogen) atoms. The predicted molar refractivity (Wildman–Crippen MR) is 59.8 cm³/mol. The zero-order chi connectivity index (χ0) is 10.4. The Kier molecular flexibility index (Phi) is 6.35. The van der Waals surface area contributed by atoms with Crippen LogP contribution in [0.2, 0.25) is 0 Å². The monoisotopic (exact) mass is 186 g/mol. The zero-order valence-electron chi connectivity index (χ0n) is 9.88. The molecule has 0 rings (SSSR count). The summed E-state index contributed by atoms with van der Waals surface area (Å²) >= 11 is 0. The van der Waals surface area contributed by atoms with Gasteiger partial charge >= 0.3 is 0 Å². The number of rotatable bonds is 6. The number of nitrogens with two attached hydrogens (primary N) is 1. The fraction of sp³-hybridized carbons (Fsp3) is 1.00. The van der Waals surface area contributed by atoms with E-state index in [-0.39, 0.29) is 0 Å². The second-order valence-corrected chi connectivity index (χ2v) is 4.27. The van der Waals surface area contributed by atoms with Gasteiger partial charge in [0.15, 0.2) is 0 Å². The molecule has 2 heteroatoms. The van der Waals surface area contributed by atoms with E-state index < -0.39 is 0 Å². The third-order valence-electron chi connectivity index (χ3n) is 3.08. The summed E-state index contributed by atoms with van der Waals surface area (Å²) in [5, 5.41) is 0. The molecule has 0 aliphatic carbocycles. The summed E-state index contributed by atoms with van der Waals surface area (Å²) in [6, 6.07) is 0.813. The van der Waals surface area contributed by atoms with Crippen LogP contribution in [0.15, 0.2) is 0 Å². The first-order chi connectivity index (χ1) is 6.02. The molecule has 80 valence electrons. The minimum absolute atomic E-state index is 0.314. The van der Waals surface area contributed by atoms with Gasteiger partial charge in [-0.2, -0.15) is 0 Å². The molecular formula is C11H26N2. The van der Waals surface area contributed by atoms with Crippen LogP contribution in [0, 0.1) is 5.92 Å². The van der Waals surface area contributed by atoms with E-state index in [0.717, 1.165) is 18.9 Å². The normalized spacial score (nSPS) is 18.7. The van der Waals surface area contributed by atoms with Gasteiger partial charge in [-0.25, -0.2) is 0 Å². The molecule has 0 heterocycles. The van der Waals surface area contributed by atoms with Crippen LogP contribution in [-0.4, -0.2) is 30.6 Å². The Hall–Kier alpha value is -0.0800. The molecule has 2 nitrogen and oxygen atoms in total. The quantitative estimate of drug-likeness (QED) is 0.688. The first-order valence-corrected chi connectivity index (χ1v) is 5.48. The summed E-state index contributed by atoms with van der Waals surface area (Å²) in [6.45, 7) is 10.1. The molecule has 3 atom stereocenters. The van der Waals surface area contributed by atoms with E-state index in [0.29, 0.717) is 12.1 Å². The molecule has 0 bridgehead atoms. The average molecular weight is 186 g/mol. The largest absolute Gasteiger partial charge is 0.326 e. The highest BCUT2D eigenvalue weighted by Gasteiger charge is 2.16. The van der Waals surface area contributed by atoms with E-state index in [4.69, 9.17) is 5.73 Å². The summed E-state index contributed by atoms with van der Waals surface area (Å²) in [5.41, 5.74) is 5.99. The lowest BCUT2D eigenvalue weighted by molar-refractivity contribution is 0.195. The molecule has 0 radical (unpaired) electrons. The van der Waals surface area contributed by atoms with Crippen LogP contribution in [0.3, 0.4) is 0 Å². The highest BCUT2D eigenvalue weighted by Crippen LogP contribution is 2.08. The molecule has 0 fully saturated rings.